The Morgan fingerprint density at radius 2 is 1.58 bits per heavy atom. The Morgan fingerprint density at radius 1 is 0.921 bits per heavy atom. The SMILES string of the molecule is COc1cc(C(=O)NCCCNC2CCCN(Cc3ccccc3)C2)cc(OC)c1OCc1ccccc1. The van der Waals surface area contributed by atoms with E-state index in [1.807, 2.05) is 30.3 Å². The van der Waals surface area contributed by atoms with Gasteiger partial charge in [0.05, 0.1) is 14.2 Å². The van der Waals surface area contributed by atoms with E-state index in [0.29, 0.717) is 42.0 Å². The monoisotopic (exact) mass is 517 g/mol. The lowest BCUT2D eigenvalue weighted by molar-refractivity contribution is 0.0952. The third-order valence-electron chi connectivity index (χ3n) is 6.78. The first-order valence-electron chi connectivity index (χ1n) is 13.4. The van der Waals surface area contributed by atoms with Crippen LogP contribution in [0.4, 0.5) is 0 Å². The number of likely N-dealkylation sites (tertiary alicyclic amines) is 1. The predicted molar refractivity (Wildman–Crippen MR) is 150 cm³/mol. The van der Waals surface area contributed by atoms with Gasteiger partial charge in [-0.1, -0.05) is 60.7 Å². The number of methoxy groups -OCH3 is 2. The van der Waals surface area contributed by atoms with Gasteiger partial charge in [0, 0.05) is 31.2 Å². The number of piperidine rings is 1. The average Bonchev–Trinajstić information content (AvgIpc) is 2.96. The molecule has 4 rings (SSSR count). The summed E-state index contributed by atoms with van der Waals surface area (Å²) in [6, 6.07) is 24.4. The molecule has 38 heavy (non-hydrogen) atoms. The van der Waals surface area contributed by atoms with Crippen LogP contribution >= 0.6 is 0 Å². The molecule has 7 nitrogen and oxygen atoms in total. The molecule has 7 heteroatoms. The van der Waals surface area contributed by atoms with Gasteiger partial charge in [0.25, 0.3) is 5.91 Å². The van der Waals surface area contributed by atoms with Crippen molar-refractivity contribution in [3.63, 3.8) is 0 Å². The Hall–Kier alpha value is -3.55. The Balaban J connectivity index is 1.22. The minimum absolute atomic E-state index is 0.164. The van der Waals surface area contributed by atoms with Crippen LogP contribution in [0.25, 0.3) is 0 Å². The number of ether oxygens (including phenoxy) is 3. The predicted octanol–water partition coefficient (Wildman–Crippen LogP) is 4.66. The van der Waals surface area contributed by atoms with E-state index in [0.717, 1.165) is 38.2 Å². The fourth-order valence-corrected chi connectivity index (χ4v) is 4.79. The summed E-state index contributed by atoms with van der Waals surface area (Å²) in [6.07, 6.45) is 3.25. The second-order valence-electron chi connectivity index (χ2n) is 9.61. The van der Waals surface area contributed by atoms with Crippen LogP contribution in [0, 0.1) is 0 Å². The summed E-state index contributed by atoms with van der Waals surface area (Å²) in [5.74, 6) is 1.24. The number of hydrogen-bond acceptors (Lipinski definition) is 6. The fraction of sp³-hybridized carbons (Fsp3) is 0.387. The molecule has 3 aromatic rings. The maximum Gasteiger partial charge on any atom is 0.251 e. The van der Waals surface area contributed by atoms with E-state index in [9.17, 15) is 4.79 Å². The normalized spacial score (nSPS) is 15.6. The number of rotatable bonds is 13. The van der Waals surface area contributed by atoms with Crippen molar-refractivity contribution in [3.05, 3.63) is 89.5 Å². The van der Waals surface area contributed by atoms with E-state index >= 15 is 0 Å². The summed E-state index contributed by atoms with van der Waals surface area (Å²) in [5.41, 5.74) is 2.87. The van der Waals surface area contributed by atoms with Gasteiger partial charge in [-0.2, -0.15) is 0 Å². The van der Waals surface area contributed by atoms with E-state index in [2.05, 4.69) is 45.9 Å². The molecular formula is C31H39N3O4. The van der Waals surface area contributed by atoms with Crippen molar-refractivity contribution in [2.24, 2.45) is 0 Å². The number of amides is 1. The van der Waals surface area contributed by atoms with Crippen LogP contribution in [0.15, 0.2) is 72.8 Å². The molecule has 1 heterocycles. The molecule has 0 bridgehead atoms. The van der Waals surface area contributed by atoms with Crippen LogP contribution < -0.4 is 24.8 Å². The number of benzene rings is 3. The third kappa shape index (κ3) is 7.97. The number of hydrogen-bond donors (Lipinski definition) is 2. The van der Waals surface area contributed by atoms with Gasteiger partial charge in [-0.05, 0) is 55.6 Å². The molecule has 2 N–H and O–H groups in total. The lowest BCUT2D eigenvalue weighted by Crippen LogP contribution is -2.45. The Morgan fingerprint density at radius 3 is 2.24 bits per heavy atom. The largest absolute Gasteiger partial charge is 0.493 e. The van der Waals surface area contributed by atoms with Crippen molar-refractivity contribution < 1.29 is 19.0 Å². The van der Waals surface area contributed by atoms with E-state index in [1.165, 1.54) is 18.4 Å². The van der Waals surface area contributed by atoms with Crippen LogP contribution in [0.2, 0.25) is 0 Å². The lowest BCUT2D eigenvalue weighted by Gasteiger charge is -2.33. The first-order valence-corrected chi connectivity index (χ1v) is 13.4. The van der Waals surface area contributed by atoms with Gasteiger partial charge in [-0.25, -0.2) is 0 Å². The summed E-state index contributed by atoms with van der Waals surface area (Å²) in [4.78, 5) is 15.4. The van der Waals surface area contributed by atoms with Gasteiger partial charge in [0.2, 0.25) is 5.75 Å². The molecule has 0 aromatic heterocycles. The van der Waals surface area contributed by atoms with Crippen molar-refractivity contribution in [1.82, 2.24) is 15.5 Å². The highest BCUT2D eigenvalue weighted by molar-refractivity contribution is 5.95. The highest BCUT2D eigenvalue weighted by Gasteiger charge is 2.20. The van der Waals surface area contributed by atoms with Crippen LogP contribution in [0.1, 0.15) is 40.7 Å². The van der Waals surface area contributed by atoms with Crippen molar-refractivity contribution >= 4 is 5.91 Å². The smallest absolute Gasteiger partial charge is 0.251 e. The van der Waals surface area contributed by atoms with Crippen molar-refractivity contribution in [3.8, 4) is 17.2 Å². The highest BCUT2D eigenvalue weighted by atomic mass is 16.5. The summed E-state index contributed by atoms with van der Waals surface area (Å²) in [6.45, 7) is 5.02. The minimum atomic E-state index is -0.164. The standard InChI is InChI=1S/C31H39N3O4/c1-36-28-19-26(20-29(37-2)30(28)38-23-25-13-7-4-8-14-25)31(35)33-17-10-16-32-27-15-9-18-34(22-27)21-24-11-5-3-6-12-24/h3-8,11-14,19-20,27,32H,9-10,15-18,21-23H2,1-2H3,(H,33,35). The molecule has 0 aliphatic carbocycles. The molecule has 1 aliphatic heterocycles. The molecule has 0 radical (unpaired) electrons. The number of nitrogens with one attached hydrogen (secondary N) is 2. The molecule has 1 saturated heterocycles. The van der Waals surface area contributed by atoms with Gasteiger partial charge < -0.3 is 24.8 Å². The van der Waals surface area contributed by atoms with Gasteiger partial charge in [-0.15, -0.1) is 0 Å². The zero-order valence-corrected chi connectivity index (χ0v) is 22.4. The second kappa shape index (κ2) is 14.4. The first kappa shape index (κ1) is 27.5. The maximum absolute atomic E-state index is 12.9. The zero-order valence-electron chi connectivity index (χ0n) is 22.4. The lowest BCUT2D eigenvalue weighted by atomic mass is 10.0. The van der Waals surface area contributed by atoms with E-state index < -0.39 is 0 Å². The van der Waals surface area contributed by atoms with Crippen molar-refractivity contribution in [2.45, 2.75) is 38.5 Å². The Labute approximate surface area is 226 Å². The molecule has 0 saturated carbocycles. The highest BCUT2D eigenvalue weighted by Crippen LogP contribution is 2.39. The van der Waals surface area contributed by atoms with Crippen LogP contribution in [-0.2, 0) is 13.2 Å². The molecule has 1 atom stereocenters. The van der Waals surface area contributed by atoms with Crippen molar-refractivity contribution in [1.29, 1.82) is 0 Å². The fourth-order valence-electron chi connectivity index (χ4n) is 4.79. The number of carbonyl (C=O) groups excluding carboxylic acids is 1. The second-order valence-corrected chi connectivity index (χ2v) is 9.61. The minimum Gasteiger partial charge on any atom is -0.493 e. The summed E-state index contributed by atoms with van der Waals surface area (Å²) in [5, 5.41) is 6.69. The summed E-state index contributed by atoms with van der Waals surface area (Å²) in [7, 11) is 3.12. The maximum atomic E-state index is 12.9. The van der Waals surface area contributed by atoms with Crippen LogP contribution in [-0.4, -0.2) is 57.2 Å². The van der Waals surface area contributed by atoms with E-state index in [4.69, 9.17) is 14.2 Å². The molecule has 1 amide bonds. The van der Waals surface area contributed by atoms with E-state index in [-0.39, 0.29) is 5.91 Å². The molecule has 3 aromatic carbocycles. The summed E-state index contributed by atoms with van der Waals surface area (Å²) >= 11 is 0. The van der Waals surface area contributed by atoms with Crippen LogP contribution in [0.3, 0.4) is 0 Å². The molecule has 1 aliphatic rings. The molecule has 0 spiro atoms. The first-order chi connectivity index (χ1) is 18.7. The molecule has 1 unspecified atom stereocenters. The third-order valence-corrected chi connectivity index (χ3v) is 6.78. The Kier molecular flexibility index (Phi) is 10.4. The number of nitrogens with zero attached hydrogens (tertiary/aromatic N) is 1. The van der Waals surface area contributed by atoms with Crippen molar-refractivity contribution in [2.75, 3.05) is 40.4 Å². The molecule has 202 valence electrons. The zero-order chi connectivity index (χ0) is 26.6. The number of carbonyl (C=O) groups is 1. The summed E-state index contributed by atoms with van der Waals surface area (Å²) < 4.78 is 17.0. The molecular weight excluding hydrogens is 478 g/mol. The van der Waals surface area contributed by atoms with Gasteiger partial charge in [0.15, 0.2) is 11.5 Å². The Bertz CT molecular complexity index is 1120. The van der Waals surface area contributed by atoms with Gasteiger partial charge in [-0.3, -0.25) is 9.69 Å². The quantitative estimate of drug-likeness (QED) is 0.322. The van der Waals surface area contributed by atoms with Gasteiger partial charge in [0.1, 0.15) is 6.61 Å². The van der Waals surface area contributed by atoms with Crippen LogP contribution in [0.5, 0.6) is 17.2 Å². The van der Waals surface area contributed by atoms with E-state index in [1.54, 1.807) is 26.4 Å². The van der Waals surface area contributed by atoms with Gasteiger partial charge >= 0.3 is 0 Å². The topological polar surface area (TPSA) is 72.1 Å². The molecule has 1 fully saturated rings. The average molecular weight is 518 g/mol.